The largest absolute Gasteiger partial charge is 1.00 e. The molecule has 0 aliphatic heterocycles. The van der Waals surface area contributed by atoms with Gasteiger partial charge in [-0.15, -0.1) is 0 Å². The van der Waals surface area contributed by atoms with E-state index in [4.69, 9.17) is 24.8 Å². The van der Waals surface area contributed by atoms with Crippen molar-refractivity contribution >= 4 is 29.2 Å². The molecule has 0 aliphatic rings. The van der Waals surface area contributed by atoms with E-state index in [0.717, 1.165) is 13.1 Å². The van der Waals surface area contributed by atoms with E-state index < -0.39 is 0 Å². The van der Waals surface area contributed by atoms with Gasteiger partial charge in [0.05, 0.1) is 0 Å². The van der Waals surface area contributed by atoms with Gasteiger partial charge in [0.15, 0.2) is 0 Å². The molecular formula is C19H38CuNS2. The van der Waals surface area contributed by atoms with Crippen molar-refractivity contribution in [3.05, 3.63) is 0 Å². The number of nitrogens with zero attached hydrogens (tertiary/aromatic N) is 1. The molecule has 0 aromatic rings. The Morgan fingerprint density at radius 1 is 0.652 bits per heavy atom. The van der Waals surface area contributed by atoms with Crippen molar-refractivity contribution < 1.29 is 17.1 Å². The van der Waals surface area contributed by atoms with Crippen LogP contribution in [0.3, 0.4) is 0 Å². The first-order valence-corrected chi connectivity index (χ1v) is 10.5. The summed E-state index contributed by atoms with van der Waals surface area (Å²) in [6.07, 6.45) is 18.9. The topological polar surface area (TPSA) is 3.24 Å². The molecule has 0 fully saturated rings. The van der Waals surface area contributed by atoms with Crippen LogP contribution in [0.15, 0.2) is 0 Å². The zero-order chi connectivity index (χ0) is 16.5. The fraction of sp³-hybridized carbons (Fsp3) is 0.947. The Morgan fingerprint density at radius 2 is 0.957 bits per heavy atom. The number of hydrogen-bond donors (Lipinski definition) is 0. The minimum atomic E-state index is 0. The van der Waals surface area contributed by atoms with Crippen molar-refractivity contribution in [1.82, 2.24) is 4.90 Å². The van der Waals surface area contributed by atoms with Crippen LogP contribution >= 0.6 is 12.2 Å². The van der Waals surface area contributed by atoms with E-state index in [9.17, 15) is 0 Å². The molecular weight excluding hydrogens is 370 g/mol. The quantitative estimate of drug-likeness (QED) is 0.122. The van der Waals surface area contributed by atoms with Crippen molar-refractivity contribution in [3.63, 3.8) is 0 Å². The Kier molecular flexibility index (Phi) is 23.2. The van der Waals surface area contributed by atoms with Crippen LogP contribution in [0.5, 0.6) is 0 Å². The zero-order valence-electron chi connectivity index (χ0n) is 15.4. The molecule has 0 saturated carbocycles. The van der Waals surface area contributed by atoms with E-state index in [1.165, 1.54) is 89.9 Å². The Labute approximate surface area is 167 Å². The molecule has 0 unspecified atom stereocenters. The molecule has 0 aromatic heterocycles. The van der Waals surface area contributed by atoms with Gasteiger partial charge in [-0.25, -0.2) is 0 Å². The van der Waals surface area contributed by atoms with Gasteiger partial charge in [-0.1, -0.05) is 95.2 Å². The van der Waals surface area contributed by atoms with Gasteiger partial charge in [0.2, 0.25) is 0 Å². The van der Waals surface area contributed by atoms with Crippen LogP contribution in [-0.2, 0) is 29.7 Å². The number of hydrogen-bond acceptors (Lipinski definition) is 2. The molecule has 0 N–H and O–H groups in total. The van der Waals surface area contributed by atoms with E-state index >= 15 is 0 Å². The maximum absolute atomic E-state index is 5.23. The van der Waals surface area contributed by atoms with E-state index in [2.05, 4.69) is 18.7 Å². The van der Waals surface area contributed by atoms with Crippen LogP contribution in [0.25, 0.3) is 0 Å². The molecule has 0 bridgehead atoms. The molecule has 142 valence electrons. The first kappa shape index (κ1) is 25.9. The van der Waals surface area contributed by atoms with Crippen LogP contribution < -0.4 is 0 Å². The molecule has 0 rings (SSSR count). The number of thiocarbonyl (C=S) groups is 1. The summed E-state index contributed by atoms with van der Waals surface area (Å²) in [4.78, 5) is 2.25. The minimum Gasteiger partial charge on any atom is -0.411 e. The second-order valence-electron chi connectivity index (χ2n) is 6.50. The molecule has 23 heavy (non-hydrogen) atoms. The van der Waals surface area contributed by atoms with Crippen LogP contribution in [0.2, 0.25) is 0 Å². The second-order valence-corrected chi connectivity index (χ2v) is 7.53. The maximum atomic E-state index is 5.23. The average molecular weight is 408 g/mol. The Balaban J connectivity index is 0. The van der Waals surface area contributed by atoms with Gasteiger partial charge in [0.1, 0.15) is 0 Å². The van der Waals surface area contributed by atoms with Gasteiger partial charge >= 0.3 is 17.1 Å². The first-order valence-electron chi connectivity index (χ1n) is 9.68. The predicted octanol–water partition coefficient (Wildman–Crippen LogP) is 6.62. The van der Waals surface area contributed by atoms with Crippen LogP contribution in [0.1, 0.15) is 104 Å². The van der Waals surface area contributed by atoms with Crippen molar-refractivity contribution in [2.45, 2.75) is 104 Å². The van der Waals surface area contributed by atoms with Crippen molar-refractivity contribution in [2.75, 3.05) is 13.1 Å². The molecule has 0 saturated heterocycles. The summed E-state index contributed by atoms with van der Waals surface area (Å²) >= 11 is 10.5. The van der Waals surface area contributed by atoms with Gasteiger partial charge in [0.25, 0.3) is 0 Å². The smallest absolute Gasteiger partial charge is 0.411 e. The Hall–Kier alpha value is 0.629. The van der Waals surface area contributed by atoms with Gasteiger partial charge in [-0.3, -0.25) is 0 Å². The second kappa shape index (κ2) is 20.7. The standard InChI is InChI=1S/C19H39NS2.Cu/c1-3-5-7-9-11-13-15-17-20(19(21)22)18-16-14-12-10-8-6-4-2;/h3-18H2,1-2H3,(H,21,22);/q;+1/p-1. The van der Waals surface area contributed by atoms with E-state index in [1.54, 1.807) is 0 Å². The SMILES string of the molecule is CCCCCCCCCN(CCCCCCCCC)C(=S)[S-].[Cu+]. The Bertz CT molecular complexity index is 232. The van der Waals surface area contributed by atoms with Crippen molar-refractivity contribution in [2.24, 2.45) is 0 Å². The monoisotopic (exact) mass is 407 g/mol. The summed E-state index contributed by atoms with van der Waals surface area (Å²) in [6.45, 7) is 6.69. The minimum absolute atomic E-state index is 0. The molecule has 4 heteroatoms. The maximum Gasteiger partial charge on any atom is 1.00 e. The first-order chi connectivity index (χ1) is 10.7. The average Bonchev–Trinajstić information content (AvgIpc) is 2.50. The summed E-state index contributed by atoms with van der Waals surface area (Å²) < 4.78 is 0.678. The van der Waals surface area contributed by atoms with Crippen molar-refractivity contribution in [1.29, 1.82) is 0 Å². The van der Waals surface area contributed by atoms with Gasteiger partial charge < -0.3 is 29.7 Å². The molecule has 0 aromatic carbocycles. The molecule has 0 aliphatic carbocycles. The normalized spacial score (nSPS) is 10.3. The summed E-state index contributed by atoms with van der Waals surface area (Å²) in [5.41, 5.74) is 0. The van der Waals surface area contributed by atoms with Gasteiger partial charge in [-0.2, -0.15) is 0 Å². The molecule has 1 nitrogen and oxygen atoms in total. The summed E-state index contributed by atoms with van der Waals surface area (Å²) in [5.74, 6) is 0. The summed E-state index contributed by atoms with van der Waals surface area (Å²) in [7, 11) is 0. The fourth-order valence-electron chi connectivity index (χ4n) is 2.81. The van der Waals surface area contributed by atoms with E-state index in [1.807, 2.05) is 0 Å². The summed E-state index contributed by atoms with van der Waals surface area (Å²) in [6, 6.07) is 0. The zero-order valence-corrected chi connectivity index (χ0v) is 18.0. The molecule has 0 radical (unpaired) electrons. The summed E-state index contributed by atoms with van der Waals surface area (Å²) in [5, 5.41) is 0. The third-order valence-corrected chi connectivity index (χ3v) is 4.84. The van der Waals surface area contributed by atoms with Gasteiger partial charge in [-0.05, 0) is 12.8 Å². The van der Waals surface area contributed by atoms with Crippen LogP contribution in [0, 0.1) is 0 Å². The number of rotatable bonds is 16. The number of unbranched alkanes of at least 4 members (excludes halogenated alkanes) is 12. The third-order valence-electron chi connectivity index (χ3n) is 4.32. The van der Waals surface area contributed by atoms with Crippen LogP contribution in [0.4, 0.5) is 0 Å². The predicted molar refractivity (Wildman–Crippen MR) is 108 cm³/mol. The van der Waals surface area contributed by atoms with E-state index in [-0.39, 0.29) is 17.1 Å². The van der Waals surface area contributed by atoms with Crippen molar-refractivity contribution in [3.8, 4) is 0 Å². The molecule has 0 atom stereocenters. The molecule has 0 amide bonds. The van der Waals surface area contributed by atoms with Crippen LogP contribution in [-0.4, -0.2) is 22.3 Å². The fourth-order valence-corrected chi connectivity index (χ4v) is 3.18. The Morgan fingerprint density at radius 3 is 1.26 bits per heavy atom. The third kappa shape index (κ3) is 18.8. The molecule has 0 spiro atoms. The molecule has 0 heterocycles. The van der Waals surface area contributed by atoms with Gasteiger partial charge in [0, 0.05) is 13.1 Å². The van der Waals surface area contributed by atoms with E-state index in [0.29, 0.717) is 4.32 Å².